The maximum atomic E-state index is 9.36. The summed E-state index contributed by atoms with van der Waals surface area (Å²) in [7, 11) is 0. The molecule has 0 amide bonds. The number of aliphatic hydroxyl groups excluding tert-OH is 1. The first-order chi connectivity index (χ1) is 8.35. The monoisotopic (exact) mass is 230 g/mol. The van der Waals surface area contributed by atoms with E-state index in [1.165, 1.54) is 12.8 Å². The number of piperidine rings is 1. The summed E-state index contributed by atoms with van der Waals surface area (Å²) in [6, 6.07) is 10.2. The second-order valence-corrected chi connectivity index (χ2v) is 4.57. The topological polar surface area (TPSA) is 47.3 Å². The molecule has 0 radical (unpaired) electrons. The molecule has 0 unspecified atom stereocenters. The van der Waals surface area contributed by atoms with Gasteiger partial charge in [-0.25, -0.2) is 0 Å². The van der Waals surface area contributed by atoms with Crippen molar-refractivity contribution in [3.63, 3.8) is 0 Å². The average Bonchev–Trinajstić information content (AvgIpc) is 2.40. The largest absolute Gasteiger partial charge is 0.395 e. The molecule has 1 saturated heterocycles. The number of rotatable bonds is 3. The third-order valence-corrected chi connectivity index (χ3v) is 3.47. The van der Waals surface area contributed by atoms with E-state index in [0.29, 0.717) is 0 Å². The van der Waals surface area contributed by atoms with Crippen molar-refractivity contribution in [2.75, 3.05) is 13.2 Å². The zero-order valence-corrected chi connectivity index (χ0v) is 9.97. The smallest absolute Gasteiger partial charge is 0.0995 e. The summed E-state index contributed by atoms with van der Waals surface area (Å²) < 4.78 is 0. The molecule has 90 valence electrons. The maximum absolute atomic E-state index is 9.36. The Morgan fingerprint density at radius 3 is 2.94 bits per heavy atom. The number of nitrogens with zero attached hydrogens (tertiary/aromatic N) is 2. The van der Waals surface area contributed by atoms with Crippen LogP contribution in [0.4, 0.5) is 0 Å². The summed E-state index contributed by atoms with van der Waals surface area (Å²) >= 11 is 0. The highest BCUT2D eigenvalue weighted by Crippen LogP contribution is 2.20. The fraction of sp³-hybridized carbons (Fsp3) is 0.500. The highest BCUT2D eigenvalue weighted by Gasteiger charge is 2.22. The standard InChI is InChI=1S/C14H18N2O/c15-9-12-5-1-2-6-13(12)10-16-8-4-3-7-14(16)11-17/h1-2,5-6,14,17H,3-4,7-8,10-11H2/t14-/m1/s1. The molecule has 1 atom stereocenters. The van der Waals surface area contributed by atoms with Gasteiger partial charge in [-0.15, -0.1) is 0 Å². The molecule has 1 heterocycles. The molecule has 3 nitrogen and oxygen atoms in total. The van der Waals surface area contributed by atoms with E-state index in [4.69, 9.17) is 5.26 Å². The minimum absolute atomic E-state index is 0.217. The van der Waals surface area contributed by atoms with Crippen molar-refractivity contribution in [2.24, 2.45) is 0 Å². The van der Waals surface area contributed by atoms with Gasteiger partial charge in [0.15, 0.2) is 0 Å². The molecule has 1 aromatic carbocycles. The SMILES string of the molecule is N#Cc1ccccc1CN1CCCC[C@@H]1CO. The van der Waals surface area contributed by atoms with Gasteiger partial charge in [0, 0.05) is 12.6 Å². The first-order valence-electron chi connectivity index (χ1n) is 6.18. The quantitative estimate of drug-likeness (QED) is 0.862. The number of benzene rings is 1. The normalized spacial score (nSPS) is 21.1. The van der Waals surface area contributed by atoms with E-state index in [1.807, 2.05) is 24.3 Å². The lowest BCUT2D eigenvalue weighted by Crippen LogP contribution is -2.41. The fourth-order valence-electron chi connectivity index (χ4n) is 2.46. The van der Waals surface area contributed by atoms with E-state index in [-0.39, 0.29) is 12.6 Å². The van der Waals surface area contributed by atoms with Gasteiger partial charge in [0.2, 0.25) is 0 Å². The Labute approximate surface area is 102 Å². The van der Waals surface area contributed by atoms with Crippen molar-refractivity contribution in [1.29, 1.82) is 5.26 Å². The van der Waals surface area contributed by atoms with Gasteiger partial charge in [0.05, 0.1) is 18.2 Å². The third-order valence-electron chi connectivity index (χ3n) is 3.47. The number of likely N-dealkylation sites (tertiary alicyclic amines) is 1. The molecule has 0 aliphatic carbocycles. The summed E-state index contributed by atoms with van der Waals surface area (Å²) in [6.07, 6.45) is 3.44. The predicted molar refractivity (Wildman–Crippen MR) is 66.3 cm³/mol. The second-order valence-electron chi connectivity index (χ2n) is 4.57. The highest BCUT2D eigenvalue weighted by molar-refractivity contribution is 5.37. The molecule has 2 rings (SSSR count). The van der Waals surface area contributed by atoms with Crippen LogP contribution in [0.5, 0.6) is 0 Å². The number of hydrogen-bond acceptors (Lipinski definition) is 3. The van der Waals surface area contributed by atoms with Crippen LogP contribution in [0.1, 0.15) is 30.4 Å². The molecule has 1 aromatic rings. The molecular weight excluding hydrogens is 212 g/mol. The molecular formula is C14H18N2O. The Morgan fingerprint density at radius 1 is 1.35 bits per heavy atom. The predicted octanol–water partition coefficient (Wildman–Crippen LogP) is 1.91. The van der Waals surface area contributed by atoms with Gasteiger partial charge < -0.3 is 5.11 Å². The minimum Gasteiger partial charge on any atom is -0.395 e. The molecule has 3 heteroatoms. The van der Waals surface area contributed by atoms with Crippen molar-refractivity contribution in [3.8, 4) is 6.07 Å². The van der Waals surface area contributed by atoms with E-state index in [0.717, 1.165) is 30.6 Å². The van der Waals surface area contributed by atoms with E-state index in [9.17, 15) is 5.11 Å². The van der Waals surface area contributed by atoms with E-state index in [2.05, 4.69) is 11.0 Å². The van der Waals surface area contributed by atoms with E-state index < -0.39 is 0 Å². The van der Waals surface area contributed by atoms with Crippen molar-refractivity contribution >= 4 is 0 Å². The molecule has 1 aliphatic heterocycles. The van der Waals surface area contributed by atoms with Gasteiger partial charge in [0.25, 0.3) is 0 Å². The van der Waals surface area contributed by atoms with Gasteiger partial charge in [-0.05, 0) is 31.0 Å². The van der Waals surface area contributed by atoms with E-state index in [1.54, 1.807) is 0 Å². The first-order valence-corrected chi connectivity index (χ1v) is 6.18. The van der Waals surface area contributed by atoms with Crippen LogP contribution in [-0.2, 0) is 6.54 Å². The molecule has 1 aliphatic rings. The van der Waals surface area contributed by atoms with Crippen LogP contribution < -0.4 is 0 Å². The van der Waals surface area contributed by atoms with Crippen LogP contribution in [0.3, 0.4) is 0 Å². The number of hydrogen-bond donors (Lipinski definition) is 1. The molecule has 17 heavy (non-hydrogen) atoms. The van der Waals surface area contributed by atoms with Gasteiger partial charge in [0.1, 0.15) is 0 Å². The summed E-state index contributed by atoms with van der Waals surface area (Å²) in [5.41, 5.74) is 1.81. The van der Waals surface area contributed by atoms with Crippen molar-refractivity contribution in [1.82, 2.24) is 4.90 Å². The lowest BCUT2D eigenvalue weighted by molar-refractivity contribution is 0.0840. The summed E-state index contributed by atoms with van der Waals surface area (Å²) in [5, 5.41) is 18.4. The fourth-order valence-corrected chi connectivity index (χ4v) is 2.46. The van der Waals surface area contributed by atoms with Crippen LogP contribution in [-0.4, -0.2) is 29.2 Å². The maximum Gasteiger partial charge on any atom is 0.0995 e. The highest BCUT2D eigenvalue weighted by atomic mass is 16.3. The van der Waals surface area contributed by atoms with Crippen LogP contribution in [0, 0.1) is 11.3 Å². The average molecular weight is 230 g/mol. The Hall–Kier alpha value is -1.37. The molecule has 1 fully saturated rings. The lowest BCUT2D eigenvalue weighted by Gasteiger charge is -2.34. The van der Waals surface area contributed by atoms with Gasteiger partial charge in [-0.3, -0.25) is 4.90 Å². The second kappa shape index (κ2) is 5.81. The Morgan fingerprint density at radius 2 is 2.18 bits per heavy atom. The van der Waals surface area contributed by atoms with Crippen molar-refractivity contribution in [2.45, 2.75) is 31.8 Å². The molecule has 0 spiro atoms. The lowest BCUT2D eigenvalue weighted by atomic mass is 10.0. The van der Waals surface area contributed by atoms with Crippen LogP contribution >= 0.6 is 0 Å². The molecule has 0 bridgehead atoms. The minimum atomic E-state index is 0.217. The van der Waals surface area contributed by atoms with Crippen LogP contribution in [0.15, 0.2) is 24.3 Å². The molecule has 0 aromatic heterocycles. The van der Waals surface area contributed by atoms with Gasteiger partial charge in [-0.1, -0.05) is 24.6 Å². The Kier molecular flexibility index (Phi) is 4.13. The summed E-state index contributed by atoms with van der Waals surface area (Å²) in [5.74, 6) is 0. The van der Waals surface area contributed by atoms with Crippen LogP contribution in [0.2, 0.25) is 0 Å². The molecule has 0 saturated carbocycles. The molecule has 1 N–H and O–H groups in total. The van der Waals surface area contributed by atoms with Crippen molar-refractivity contribution in [3.05, 3.63) is 35.4 Å². The first kappa shape index (κ1) is 12.1. The number of nitriles is 1. The van der Waals surface area contributed by atoms with E-state index >= 15 is 0 Å². The van der Waals surface area contributed by atoms with Gasteiger partial charge >= 0.3 is 0 Å². The third kappa shape index (κ3) is 2.85. The summed E-state index contributed by atoms with van der Waals surface area (Å²) in [6.45, 7) is 2.01. The zero-order chi connectivity index (χ0) is 12.1. The van der Waals surface area contributed by atoms with Crippen LogP contribution in [0.25, 0.3) is 0 Å². The summed E-state index contributed by atoms with van der Waals surface area (Å²) in [4.78, 5) is 2.29. The van der Waals surface area contributed by atoms with Crippen molar-refractivity contribution < 1.29 is 5.11 Å². The zero-order valence-electron chi connectivity index (χ0n) is 9.97. The Balaban J connectivity index is 2.11. The number of aliphatic hydroxyl groups is 1. The van der Waals surface area contributed by atoms with Gasteiger partial charge in [-0.2, -0.15) is 5.26 Å². The Bertz CT molecular complexity index is 411.